The van der Waals surface area contributed by atoms with Crippen molar-refractivity contribution in [2.45, 2.75) is 58.8 Å². The Hall–Kier alpha value is -1.68. The summed E-state index contributed by atoms with van der Waals surface area (Å²) in [6.07, 6.45) is 1.14. The lowest BCUT2D eigenvalue weighted by molar-refractivity contribution is -0.158. The minimum Gasteiger partial charge on any atom is -0.364 e. The van der Waals surface area contributed by atoms with Gasteiger partial charge in [-0.2, -0.15) is 0 Å². The number of hydrogen-bond acceptors (Lipinski definition) is 3. The highest BCUT2D eigenvalue weighted by Crippen LogP contribution is 2.59. The molecule has 124 valence electrons. The van der Waals surface area contributed by atoms with Crippen LogP contribution in [0.2, 0.25) is 0 Å². The molecule has 1 saturated heterocycles. The quantitative estimate of drug-likeness (QED) is 0.857. The molecule has 0 unspecified atom stereocenters. The summed E-state index contributed by atoms with van der Waals surface area (Å²) in [6.45, 7) is 8.36. The molecule has 1 heterocycles. The largest absolute Gasteiger partial charge is 0.364 e. The topological polar surface area (TPSA) is 46.6 Å². The van der Waals surface area contributed by atoms with Gasteiger partial charge in [0.15, 0.2) is 0 Å². The predicted octanol–water partition coefficient (Wildman–Crippen LogP) is 3.16. The summed E-state index contributed by atoms with van der Waals surface area (Å²) in [5.74, 6) is -0.273. The zero-order chi connectivity index (χ0) is 16.8. The molecule has 3 rings (SSSR count). The second-order valence-electron chi connectivity index (χ2n) is 7.54. The number of fused-ring (bicyclic) bond motifs is 2. The number of nitrogens with zero attached hydrogens (tertiary/aromatic N) is 1. The summed E-state index contributed by atoms with van der Waals surface area (Å²) < 4.78 is 5.73. The van der Waals surface area contributed by atoms with Crippen LogP contribution >= 0.6 is 0 Å². The van der Waals surface area contributed by atoms with Crippen LogP contribution in [0.3, 0.4) is 0 Å². The van der Waals surface area contributed by atoms with Gasteiger partial charge in [-0.15, -0.1) is 0 Å². The molecule has 4 nitrogen and oxygen atoms in total. The van der Waals surface area contributed by atoms with E-state index in [4.69, 9.17) is 4.74 Å². The minimum atomic E-state index is -0.619. The maximum Gasteiger partial charge on any atom is 0.258 e. The molecule has 1 aromatic rings. The summed E-state index contributed by atoms with van der Waals surface area (Å²) >= 11 is 0. The minimum absolute atomic E-state index is 0.0242. The van der Waals surface area contributed by atoms with Gasteiger partial charge in [-0.3, -0.25) is 14.5 Å². The predicted molar refractivity (Wildman–Crippen MR) is 87.5 cm³/mol. The van der Waals surface area contributed by atoms with Crippen molar-refractivity contribution in [3.05, 3.63) is 35.9 Å². The number of hydrogen-bond donors (Lipinski definition) is 0. The first kappa shape index (κ1) is 16.2. The summed E-state index contributed by atoms with van der Waals surface area (Å²) in [7, 11) is 0. The van der Waals surface area contributed by atoms with E-state index in [1.807, 2.05) is 37.3 Å². The number of carbonyl (C=O) groups excluding carboxylic acids is 2. The summed E-state index contributed by atoms with van der Waals surface area (Å²) in [5, 5.41) is 0. The van der Waals surface area contributed by atoms with Crippen molar-refractivity contribution < 1.29 is 14.3 Å². The molecule has 0 aromatic heterocycles. The van der Waals surface area contributed by atoms with Crippen LogP contribution in [0.4, 0.5) is 0 Å². The summed E-state index contributed by atoms with van der Waals surface area (Å²) in [5.41, 5.74) is 0.461. The average molecular weight is 315 g/mol. The number of piperidine rings is 1. The van der Waals surface area contributed by atoms with Crippen molar-refractivity contribution in [3.8, 4) is 0 Å². The molecule has 1 aromatic carbocycles. The average Bonchev–Trinajstić information content (AvgIpc) is 2.83. The van der Waals surface area contributed by atoms with Gasteiger partial charge in [0, 0.05) is 5.92 Å². The van der Waals surface area contributed by atoms with Crippen molar-refractivity contribution in [2.24, 2.45) is 11.3 Å². The van der Waals surface area contributed by atoms with E-state index in [1.54, 1.807) is 6.92 Å². The highest BCUT2D eigenvalue weighted by molar-refractivity contribution is 6.02. The smallest absolute Gasteiger partial charge is 0.258 e. The molecule has 23 heavy (non-hydrogen) atoms. The van der Waals surface area contributed by atoms with Crippen molar-refractivity contribution in [2.75, 3.05) is 0 Å². The number of likely N-dealkylation sites (tertiary alicyclic amines) is 1. The van der Waals surface area contributed by atoms with Crippen LogP contribution in [-0.4, -0.2) is 28.4 Å². The van der Waals surface area contributed by atoms with Crippen molar-refractivity contribution >= 4 is 11.8 Å². The SMILES string of the molecule is C[C@H](OCc1ccccc1)C(=O)N1C(=O)[C@H]2CC[C@]1(C)C2(C)C. The first-order valence-corrected chi connectivity index (χ1v) is 8.32. The number of benzene rings is 1. The van der Waals surface area contributed by atoms with E-state index in [-0.39, 0.29) is 23.1 Å². The Morgan fingerprint density at radius 2 is 1.96 bits per heavy atom. The lowest BCUT2D eigenvalue weighted by Gasteiger charge is -2.40. The Balaban J connectivity index is 1.72. The van der Waals surface area contributed by atoms with Crippen LogP contribution in [0, 0.1) is 11.3 Å². The highest BCUT2D eigenvalue weighted by atomic mass is 16.5. The van der Waals surface area contributed by atoms with E-state index >= 15 is 0 Å². The van der Waals surface area contributed by atoms with Gasteiger partial charge in [0.2, 0.25) is 5.91 Å². The van der Waals surface area contributed by atoms with Gasteiger partial charge < -0.3 is 4.74 Å². The monoisotopic (exact) mass is 315 g/mol. The van der Waals surface area contributed by atoms with E-state index in [2.05, 4.69) is 13.8 Å². The van der Waals surface area contributed by atoms with Crippen LogP contribution in [0.25, 0.3) is 0 Å². The van der Waals surface area contributed by atoms with E-state index in [0.717, 1.165) is 18.4 Å². The molecule has 2 aliphatic rings. The Kier molecular flexibility index (Phi) is 3.83. The van der Waals surface area contributed by atoms with Gasteiger partial charge in [0.25, 0.3) is 5.91 Å². The van der Waals surface area contributed by atoms with Gasteiger partial charge in [-0.25, -0.2) is 0 Å². The fourth-order valence-corrected chi connectivity index (χ4v) is 4.12. The Morgan fingerprint density at radius 1 is 1.30 bits per heavy atom. The third kappa shape index (κ3) is 2.31. The number of imide groups is 1. The molecule has 0 spiro atoms. The molecule has 1 aliphatic carbocycles. The second-order valence-corrected chi connectivity index (χ2v) is 7.54. The first-order chi connectivity index (χ1) is 10.8. The van der Waals surface area contributed by atoms with Gasteiger partial charge in [-0.1, -0.05) is 44.2 Å². The molecule has 2 bridgehead atoms. The molecule has 1 saturated carbocycles. The van der Waals surface area contributed by atoms with Crippen LogP contribution < -0.4 is 0 Å². The van der Waals surface area contributed by atoms with Crippen molar-refractivity contribution in [3.63, 3.8) is 0 Å². The summed E-state index contributed by atoms with van der Waals surface area (Å²) in [4.78, 5) is 27.0. The standard InChI is InChI=1S/C19H25NO3/c1-13(23-12-14-8-6-5-7-9-14)16(21)20-17(22)15-10-11-19(20,4)18(15,2)3/h5-9,13,15H,10-12H2,1-4H3/t13-,15+,19+/m0/s1. The van der Waals surface area contributed by atoms with Gasteiger partial charge in [0.1, 0.15) is 6.10 Å². The molecular formula is C19H25NO3. The van der Waals surface area contributed by atoms with Gasteiger partial charge >= 0.3 is 0 Å². The third-order valence-corrected chi connectivity index (χ3v) is 6.10. The molecule has 2 fully saturated rings. The van der Waals surface area contributed by atoms with Crippen molar-refractivity contribution in [1.29, 1.82) is 0 Å². The fourth-order valence-electron chi connectivity index (χ4n) is 4.12. The number of carbonyl (C=O) groups is 2. The zero-order valence-electron chi connectivity index (χ0n) is 14.3. The van der Waals surface area contributed by atoms with E-state index in [9.17, 15) is 9.59 Å². The van der Waals surface area contributed by atoms with Crippen LogP contribution in [0.1, 0.15) is 46.1 Å². The van der Waals surface area contributed by atoms with Gasteiger partial charge in [0.05, 0.1) is 12.1 Å². The molecule has 0 N–H and O–H groups in total. The maximum atomic E-state index is 12.8. The fraction of sp³-hybridized carbons (Fsp3) is 0.579. The lowest BCUT2D eigenvalue weighted by atomic mass is 9.75. The summed E-state index contributed by atoms with van der Waals surface area (Å²) in [6, 6.07) is 9.76. The molecule has 0 radical (unpaired) electrons. The number of rotatable bonds is 4. The van der Waals surface area contributed by atoms with Gasteiger partial charge in [-0.05, 0) is 37.7 Å². The van der Waals surface area contributed by atoms with Crippen LogP contribution in [0.5, 0.6) is 0 Å². The first-order valence-electron chi connectivity index (χ1n) is 8.32. The normalized spacial score (nSPS) is 29.8. The molecular weight excluding hydrogens is 290 g/mol. The van der Waals surface area contributed by atoms with E-state index in [0.29, 0.717) is 6.61 Å². The number of ether oxygens (including phenoxy) is 1. The lowest BCUT2D eigenvalue weighted by Crippen LogP contribution is -2.55. The number of amides is 2. The van der Waals surface area contributed by atoms with Crippen LogP contribution in [0.15, 0.2) is 30.3 Å². The van der Waals surface area contributed by atoms with E-state index in [1.165, 1.54) is 4.90 Å². The Bertz CT molecular complexity index is 625. The maximum absolute atomic E-state index is 12.8. The second kappa shape index (κ2) is 5.45. The molecule has 3 atom stereocenters. The molecule has 2 amide bonds. The highest BCUT2D eigenvalue weighted by Gasteiger charge is 2.67. The third-order valence-electron chi connectivity index (χ3n) is 6.10. The van der Waals surface area contributed by atoms with Crippen LogP contribution in [-0.2, 0) is 20.9 Å². The molecule has 4 heteroatoms. The molecule has 1 aliphatic heterocycles. The Labute approximate surface area is 137 Å². The van der Waals surface area contributed by atoms with Crippen molar-refractivity contribution in [1.82, 2.24) is 4.90 Å². The zero-order valence-corrected chi connectivity index (χ0v) is 14.3. The van der Waals surface area contributed by atoms with E-state index < -0.39 is 11.6 Å². The Morgan fingerprint density at radius 3 is 2.52 bits per heavy atom.